The number of hydrogen-bond acceptors (Lipinski definition) is 3. The number of rotatable bonds is 2. The average molecular weight is 360 g/mol. The fraction of sp³-hybridized carbons (Fsp3) is 0.0500. The minimum absolute atomic E-state index is 0. The second-order valence-corrected chi connectivity index (χ2v) is 4.57. The molecule has 0 fully saturated rings. The Morgan fingerprint density at radius 3 is 2.38 bits per heavy atom. The van der Waals surface area contributed by atoms with Gasteiger partial charge in [0.15, 0.2) is 0 Å². The van der Waals surface area contributed by atoms with Crippen molar-refractivity contribution in [2.45, 2.75) is 0 Å². The van der Waals surface area contributed by atoms with Crippen LogP contribution in [0.3, 0.4) is 0 Å². The summed E-state index contributed by atoms with van der Waals surface area (Å²) in [7, 11) is 1.44. The van der Waals surface area contributed by atoms with Gasteiger partial charge in [0.1, 0.15) is 17.1 Å². The van der Waals surface area contributed by atoms with E-state index in [1.165, 1.54) is 13.2 Å². The van der Waals surface area contributed by atoms with E-state index in [0.717, 1.165) is 5.56 Å². The molecule has 3 aromatic carbocycles. The fourth-order valence-corrected chi connectivity index (χ4v) is 1.89. The first-order valence-electron chi connectivity index (χ1n) is 7.03. The molecule has 3 rings (SSSR count). The molecule has 0 spiro atoms. The first-order valence-corrected chi connectivity index (χ1v) is 7.03. The van der Waals surface area contributed by atoms with E-state index in [-0.39, 0.29) is 28.4 Å². The van der Waals surface area contributed by atoms with Crippen LogP contribution in [0.2, 0.25) is 0 Å². The molecule has 0 aromatic heterocycles. The molecule has 3 nitrogen and oxygen atoms in total. The predicted octanol–water partition coefficient (Wildman–Crippen LogP) is 3.76. The molecule has 0 bridgehead atoms. The molecule has 122 valence electrons. The van der Waals surface area contributed by atoms with Crippen LogP contribution in [0.25, 0.3) is 0 Å². The largest absolute Gasteiger partial charge is 2.00 e. The van der Waals surface area contributed by atoms with Gasteiger partial charge in [-0.25, -0.2) is 12.1 Å². The molecule has 0 aliphatic carbocycles. The summed E-state index contributed by atoms with van der Waals surface area (Å²) < 4.78 is 5.04. The van der Waals surface area contributed by atoms with Crippen molar-refractivity contribution in [3.05, 3.63) is 83.9 Å². The number of ketones is 1. The Hall–Kier alpha value is -2.73. The zero-order valence-electron chi connectivity index (χ0n) is 13.0. The molecule has 0 unspecified atom stereocenters. The quantitative estimate of drug-likeness (QED) is 0.328. The fourth-order valence-electron chi connectivity index (χ4n) is 1.89. The van der Waals surface area contributed by atoms with Gasteiger partial charge in [0.05, 0.1) is 7.11 Å². The number of methoxy groups -OCH3 is 1. The smallest absolute Gasteiger partial charge is 0.507 e. The van der Waals surface area contributed by atoms with Gasteiger partial charge >= 0.3 is 17.1 Å². The monoisotopic (exact) mass is 360 g/mol. The summed E-state index contributed by atoms with van der Waals surface area (Å²) in [6, 6.07) is 21.9. The van der Waals surface area contributed by atoms with Gasteiger partial charge in [0, 0.05) is 0 Å². The summed E-state index contributed by atoms with van der Waals surface area (Å²) in [6.07, 6.45) is 0. The van der Waals surface area contributed by atoms with Crippen LogP contribution in [0.5, 0.6) is 11.5 Å². The van der Waals surface area contributed by atoms with Crippen molar-refractivity contribution in [2.24, 2.45) is 0 Å². The number of phenolic OH excluding ortho intramolecular Hbond substituents is 1. The molecule has 4 heteroatoms. The van der Waals surface area contributed by atoms with Gasteiger partial charge in [0.2, 0.25) is 5.78 Å². The van der Waals surface area contributed by atoms with Crippen LogP contribution in [0, 0.1) is 11.8 Å². The molecule has 24 heavy (non-hydrogen) atoms. The molecule has 0 aliphatic heterocycles. The van der Waals surface area contributed by atoms with E-state index >= 15 is 0 Å². The number of carbonyl (C=O) groups is 1. The van der Waals surface area contributed by atoms with Gasteiger partial charge in [0.25, 0.3) is 0 Å². The van der Waals surface area contributed by atoms with E-state index in [0.29, 0.717) is 5.75 Å². The maximum Gasteiger partial charge on any atom is 2.00 e. The topological polar surface area (TPSA) is 46.5 Å². The molecular weight excluding hydrogens is 344 g/mol. The Morgan fingerprint density at radius 1 is 1.08 bits per heavy atom. The molecular formula is C20H16FeO3. The summed E-state index contributed by atoms with van der Waals surface area (Å²) in [6.45, 7) is 0. The predicted molar refractivity (Wildman–Crippen MR) is 89.9 cm³/mol. The minimum Gasteiger partial charge on any atom is -0.507 e. The van der Waals surface area contributed by atoms with Crippen LogP contribution in [-0.4, -0.2) is 18.0 Å². The number of carbonyl (C=O) groups excluding carboxylic acids is 1. The van der Waals surface area contributed by atoms with Crippen molar-refractivity contribution in [3.8, 4) is 23.3 Å². The molecule has 1 N–H and O–H groups in total. The summed E-state index contributed by atoms with van der Waals surface area (Å²) in [5.41, 5.74) is 0.858. The first kappa shape index (κ1) is 19.3. The molecule has 0 heterocycles. The zero-order chi connectivity index (χ0) is 16.5. The van der Waals surface area contributed by atoms with Gasteiger partial charge in [-0.05, 0) is 12.1 Å². The van der Waals surface area contributed by atoms with Gasteiger partial charge in [-0.2, -0.15) is 42.3 Å². The van der Waals surface area contributed by atoms with E-state index in [1.54, 1.807) is 12.1 Å². The van der Waals surface area contributed by atoms with Crippen molar-refractivity contribution >= 4 is 5.78 Å². The normalized spacial score (nSPS) is 8.71. The standard InChI is InChI=1S/C15H11O3.C5H5.Fe/c1-18-14-8-4-7-12(16)15(14)13(17)10-9-11-5-2-3-6-11;1-2-4-5-3-1;/h2-8,16H,1H3;1-5H;/q2*-1;+2. The second-order valence-electron chi connectivity index (χ2n) is 4.57. The molecule has 0 aliphatic rings. The maximum absolute atomic E-state index is 11.9. The Labute approximate surface area is 152 Å². The van der Waals surface area contributed by atoms with Crippen LogP contribution in [0.1, 0.15) is 15.9 Å². The Bertz CT molecular complexity index is 774. The molecule has 0 saturated heterocycles. The number of benzene rings is 1. The molecule has 0 saturated carbocycles. The SMILES string of the molecule is COc1cccc(O)c1C(=O)C#Cc1ccc[cH-]1.[Fe+2].c1cc[cH-]c1. The van der Waals surface area contributed by atoms with E-state index in [2.05, 4.69) is 11.8 Å². The molecule has 0 radical (unpaired) electrons. The number of Topliss-reactive ketones (excluding diaryl/α,β-unsaturated/α-hetero) is 1. The third-order valence-corrected chi connectivity index (χ3v) is 2.99. The van der Waals surface area contributed by atoms with E-state index < -0.39 is 5.78 Å². The molecule has 3 aromatic rings. The Kier molecular flexibility index (Phi) is 8.15. The van der Waals surface area contributed by atoms with E-state index in [1.807, 2.05) is 54.6 Å². The zero-order valence-corrected chi connectivity index (χ0v) is 14.1. The Balaban J connectivity index is 0.000000412. The summed E-state index contributed by atoms with van der Waals surface area (Å²) >= 11 is 0. The number of ether oxygens (including phenoxy) is 1. The van der Waals surface area contributed by atoms with Crippen molar-refractivity contribution < 1.29 is 31.7 Å². The molecule has 0 atom stereocenters. The minimum atomic E-state index is -0.467. The van der Waals surface area contributed by atoms with Crippen molar-refractivity contribution in [2.75, 3.05) is 7.11 Å². The van der Waals surface area contributed by atoms with Gasteiger partial charge in [-0.15, -0.1) is 11.6 Å². The Morgan fingerprint density at radius 2 is 1.83 bits per heavy atom. The summed E-state index contributed by atoms with van der Waals surface area (Å²) in [5, 5.41) is 9.68. The van der Waals surface area contributed by atoms with Crippen LogP contribution in [-0.2, 0) is 17.1 Å². The van der Waals surface area contributed by atoms with E-state index in [9.17, 15) is 9.90 Å². The van der Waals surface area contributed by atoms with Crippen LogP contribution in [0.15, 0.2) is 72.8 Å². The summed E-state index contributed by atoms with van der Waals surface area (Å²) in [4.78, 5) is 11.9. The van der Waals surface area contributed by atoms with E-state index in [4.69, 9.17) is 4.74 Å². The summed E-state index contributed by atoms with van der Waals surface area (Å²) in [5.74, 6) is 4.94. The van der Waals surface area contributed by atoms with Crippen LogP contribution < -0.4 is 4.74 Å². The van der Waals surface area contributed by atoms with Gasteiger partial charge < -0.3 is 9.84 Å². The van der Waals surface area contributed by atoms with Gasteiger partial charge in [-0.3, -0.25) is 4.79 Å². The number of aromatic hydroxyl groups is 1. The third-order valence-electron chi connectivity index (χ3n) is 2.99. The number of phenols is 1. The van der Waals surface area contributed by atoms with Crippen LogP contribution in [0.4, 0.5) is 0 Å². The van der Waals surface area contributed by atoms with Crippen molar-refractivity contribution in [1.82, 2.24) is 0 Å². The first-order chi connectivity index (χ1) is 11.2. The maximum atomic E-state index is 11.9. The van der Waals surface area contributed by atoms with Crippen LogP contribution >= 0.6 is 0 Å². The van der Waals surface area contributed by atoms with Crippen molar-refractivity contribution in [1.29, 1.82) is 0 Å². The third kappa shape index (κ3) is 5.48. The average Bonchev–Trinajstić information content (AvgIpc) is 3.28. The van der Waals surface area contributed by atoms with Gasteiger partial charge in [-0.1, -0.05) is 12.0 Å². The number of hydrogen-bond donors (Lipinski definition) is 1. The van der Waals surface area contributed by atoms with Crippen molar-refractivity contribution in [3.63, 3.8) is 0 Å². The molecule has 0 amide bonds. The second kappa shape index (κ2) is 10.1.